The maximum absolute atomic E-state index is 12.3. The van der Waals surface area contributed by atoms with Gasteiger partial charge in [0.25, 0.3) is 5.91 Å². The molecule has 1 aliphatic heterocycles. The molecule has 0 spiro atoms. The zero-order chi connectivity index (χ0) is 13.3. The first-order valence-electron chi connectivity index (χ1n) is 5.90. The van der Waals surface area contributed by atoms with Crippen molar-refractivity contribution in [2.75, 3.05) is 19.6 Å². The van der Waals surface area contributed by atoms with Crippen LogP contribution in [0, 0.1) is 5.41 Å². The Hall–Kier alpha value is -0.580. The van der Waals surface area contributed by atoms with Crippen molar-refractivity contribution in [2.24, 2.45) is 11.1 Å². The predicted octanol–water partition coefficient (Wildman–Crippen LogP) is 2.91. The Morgan fingerprint density at radius 1 is 1.61 bits per heavy atom. The van der Waals surface area contributed by atoms with Gasteiger partial charge in [-0.3, -0.25) is 4.79 Å². The summed E-state index contributed by atoms with van der Waals surface area (Å²) in [6, 6.07) is 5.29. The highest BCUT2D eigenvalue weighted by Gasteiger charge is 2.35. The van der Waals surface area contributed by atoms with Gasteiger partial charge < -0.3 is 10.6 Å². The number of carbonyl (C=O) groups excluding carboxylic acids is 1. The maximum atomic E-state index is 12.3. The van der Waals surface area contributed by atoms with Crippen molar-refractivity contribution in [3.63, 3.8) is 0 Å². The number of nitrogens with two attached hydrogens (primary N) is 1. The summed E-state index contributed by atoms with van der Waals surface area (Å²) in [5.41, 5.74) is 6.43. The van der Waals surface area contributed by atoms with Crippen molar-refractivity contribution in [3.05, 3.63) is 33.3 Å². The number of amides is 1. The molecule has 98 valence electrons. The number of rotatable bonds is 2. The predicted molar refractivity (Wildman–Crippen MR) is 76.8 cm³/mol. The van der Waals surface area contributed by atoms with Crippen LogP contribution in [0.3, 0.4) is 0 Å². The fourth-order valence-electron chi connectivity index (χ4n) is 2.18. The minimum Gasteiger partial charge on any atom is -0.338 e. The first-order chi connectivity index (χ1) is 8.45. The van der Waals surface area contributed by atoms with E-state index in [1.54, 1.807) is 18.2 Å². The number of hydrogen-bond donors (Lipinski definition) is 1. The molecule has 1 amide bonds. The Morgan fingerprint density at radius 3 is 2.89 bits per heavy atom. The van der Waals surface area contributed by atoms with Crippen LogP contribution in [-0.4, -0.2) is 30.4 Å². The SMILES string of the molecule is CC1(CN)CCN(C(=O)c2ccc(Br)c(Cl)c2)C1. The van der Waals surface area contributed by atoms with Gasteiger partial charge >= 0.3 is 0 Å². The van der Waals surface area contributed by atoms with Crippen LogP contribution in [0.4, 0.5) is 0 Å². The van der Waals surface area contributed by atoms with Crippen LogP contribution in [0.5, 0.6) is 0 Å². The molecular formula is C13H16BrClN2O. The lowest BCUT2D eigenvalue weighted by molar-refractivity contribution is 0.0777. The normalized spacial score (nSPS) is 23.4. The molecule has 1 atom stereocenters. The van der Waals surface area contributed by atoms with Crippen LogP contribution >= 0.6 is 27.5 Å². The first kappa shape index (κ1) is 13.8. The molecule has 0 radical (unpaired) electrons. The fourth-order valence-corrected chi connectivity index (χ4v) is 2.60. The Bertz CT molecular complexity index is 480. The summed E-state index contributed by atoms with van der Waals surface area (Å²) in [7, 11) is 0. The third-order valence-corrected chi connectivity index (χ3v) is 4.74. The van der Waals surface area contributed by atoms with E-state index in [1.807, 2.05) is 4.90 Å². The fraction of sp³-hybridized carbons (Fsp3) is 0.462. The van der Waals surface area contributed by atoms with Crippen LogP contribution in [-0.2, 0) is 0 Å². The number of carbonyl (C=O) groups is 1. The quantitative estimate of drug-likeness (QED) is 0.905. The van der Waals surface area contributed by atoms with Gasteiger partial charge in [0.2, 0.25) is 0 Å². The molecule has 0 saturated carbocycles. The van der Waals surface area contributed by atoms with Crippen molar-refractivity contribution >= 4 is 33.4 Å². The molecule has 3 nitrogen and oxygen atoms in total. The molecule has 1 unspecified atom stereocenters. The molecule has 1 aromatic rings. The second-order valence-corrected chi connectivity index (χ2v) is 6.38. The number of halogens is 2. The van der Waals surface area contributed by atoms with Crippen molar-refractivity contribution in [1.29, 1.82) is 0 Å². The smallest absolute Gasteiger partial charge is 0.253 e. The number of likely N-dealkylation sites (tertiary alicyclic amines) is 1. The Balaban J connectivity index is 2.15. The van der Waals surface area contributed by atoms with Gasteiger partial charge in [-0.05, 0) is 52.5 Å². The lowest BCUT2D eigenvalue weighted by atomic mass is 9.90. The van der Waals surface area contributed by atoms with Gasteiger partial charge in [0.1, 0.15) is 0 Å². The Labute approximate surface area is 120 Å². The lowest BCUT2D eigenvalue weighted by Crippen LogP contribution is -2.34. The molecule has 2 rings (SSSR count). The Kier molecular flexibility index (Phi) is 3.99. The third-order valence-electron chi connectivity index (χ3n) is 3.50. The summed E-state index contributed by atoms with van der Waals surface area (Å²) in [6.07, 6.45) is 0.958. The van der Waals surface area contributed by atoms with Gasteiger partial charge in [0, 0.05) is 23.1 Å². The zero-order valence-corrected chi connectivity index (χ0v) is 12.6. The standard InChI is InChI=1S/C13H16BrClN2O/c1-13(7-16)4-5-17(8-13)12(18)9-2-3-10(14)11(15)6-9/h2-3,6H,4-5,7-8,16H2,1H3. The van der Waals surface area contributed by atoms with Gasteiger partial charge in [-0.25, -0.2) is 0 Å². The molecule has 0 aromatic heterocycles. The average Bonchev–Trinajstić information content (AvgIpc) is 2.75. The van der Waals surface area contributed by atoms with Crippen molar-refractivity contribution in [3.8, 4) is 0 Å². The van der Waals surface area contributed by atoms with E-state index in [-0.39, 0.29) is 11.3 Å². The van der Waals surface area contributed by atoms with E-state index in [0.717, 1.165) is 24.0 Å². The van der Waals surface area contributed by atoms with Crippen LogP contribution in [0.2, 0.25) is 5.02 Å². The Morgan fingerprint density at radius 2 is 2.33 bits per heavy atom. The maximum Gasteiger partial charge on any atom is 0.253 e. The summed E-state index contributed by atoms with van der Waals surface area (Å²) in [5.74, 6) is 0.0292. The van der Waals surface area contributed by atoms with Gasteiger partial charge in [-0.2, -0.15) is 0 Å². The highest BCUT2D eigenvalue weighted by molar-refractivity contribution is 9.10. The van der Waals surface area contributed by atoms with E-state index in [9.17, 15) is 4.79 Å². The van der Waals surface area contributed by atoms with E-state index in [4.69, 9.17) is 17.3 Å². The van der Waals surface area contributed by atoms with Gasteiger partial charge in [0.05, 0.1) is 5.02 Å². The molecule has 0 bridgehead atoms. The second-order valence-electron chi connectivity index (χ2n) is 5.12. The van der Waals surface area contributed by atoms with Gasteiger partial charge in [-0.15, -0.1) is 0 Å². The van der Waals surface area contributed by atoms with E-state index in [2.05, 4.69) is 22.9 Å². The summed E-state index contributed by atoms with van der Waals surface area (Å²) in [5, 5.41) is 0.557. The molecule has 5 heteroatoms. The molecule has 2 N–H and O–H groups in total. The third kappa shape index (κ3) is 2.71. The molecule has 1 heterocycles. The molecule has 1 saturated heterocycles. The summed E-state index contributed by atoms with van der Waals surface area (Å²) >= 11 is 9.33. The van der Waals surface area contributed by atoms with E-state index < -0.39 is 0 Å². The molecule has 1 aromatic carbocycles. The molecule has 1 aliphatic rings. The van der Waals surface area contributed by atoms with E-state index in [1.165, 1.54) is 0 Å². The van der Waals surface area contributed by atoms with Gasteiger partial charge in [0.15, 0.2) is 0 Å². The number of hydrogen-bond acceptors (Lipinski definition) is 2. The largest absolute Gasteiger partial charge is 0.338 e. The van der Waals surface area contributed by atoms with E-state index in [0.29, 0.717) is 17.1 Å². The van der Waals surface area contributed by atoms with Crippen LogP contribution < -0.4 is 5.73 Å². The zero-order valence-electron chi connectivity index (χ0n) is 10.2. The monoisotopic (exact) mass is 330 g/mol. The van der Waals surface area contributed by atoms with Gasteiger partial charge in [-0.1, -0.05) is 18.5 Å². The average molecular weight is 332 g/mol. The lowest BCUT2D eigenvalue weighted by Gasteiger charge is -2.22. The van der Waals surface area contributed by atoms with Crippen LogP contribution in [0.1, 0.15) is 23.7 Å². The highest BCUT2D eigenvalue weighted by Crippen LogP contribution is 2.30. The number of benzene rings is 1. The minimum atomic E-state index is 0.0292. The summed E-state index contributed by atoms with van der Waals surface area (Å²) in [4.78, 5) is 14.2. The molecule has 1 fully saturated rings. The van der Waals surface area contributed by atoms with Crippen LogP contribution in [0.15, 0.2) is 22.7 Å². The molecule has 0 aliphatic carbocycles. The van der Waals surface area contributed by atoms with E-state index >= 15 is 0 Å². The van der Waals surface area contributed by atoms with Crippen LogP contribution in [0.25, 0.3) is 0 Å². The second kappa shape index (κ2) is 5.19. The molecule has 18 heavy (non-hydrogen) atoms. The topological polar surface area (TPSA) is 46.3 Å². The molecular weight excluding hydrogens is 316 g/mol. The minimum absolute atomic E-state index is 0.0292. The van der Waals surface area contributed by atoms with Crippen molar-refractivity contribution in [1.82, 2.24) is 4.90 Å². The van der Waals surface area contributed by atoms with Crippen molar-refractivity contribution in [2.45, 2.75) is 13.3 Å². The van der Waals surface area contributed by atoms with Crippen molar-refractivity contribution < 1.29 is 4.79 Å². The highest BCUT2D eigenvalue weighted by atomic mass is 79.9. The summed E-state index contributed by atoms with van der Waals surface area (Å²) < 4.78 is 0.800. The summed E-state index contributed by atoms with van der Waals surface area (Å²) in [6.45, 7) is 4.21. The first-order valence-corrected chi connectivity index (χ1v) is 7.07. The number of nitrogens with zero attached hydrogens (tertiary/aromatic N) is 1.